The second-order valence-electron chi connectivity index (χ2n) is 8.14. The van der Waals surface area contributed by atoms with Gasteiger partial charge in [-0.25, -0.2) is 4.98 Å². The van der Waals surface area contributed by atoms with Crippen molar-refractivity contribution in [3.63, 3.8) is 0 Å². The summed E-state index contributed by atoms with van der Waals surface area (Å²) in [6.07, 6.45) is 0.340. The molecule has 1 amide bonds. The minimum absolute atomic E-state index is 0.0608. The molecule has 4 aromatic rings. The number of nitrogens with zero attached hydrogens (tertiary/aromatic N) is 3. The molecule has 0 aliphatic rings. The topological polar surface area (TPSA) is 45.7 Å². The molecule has 34 heavy (non-hydrogen) atoms. The van der Waals surface area contributed by atoms with Crippen LogP contribution in [0.1, 0.15) is 19.4 Å². The molecule has 4 rings (SSSR count). The van der Waals surface area contributed by atoms with Crippen molar-refractivity contribution in [3.8, 4) is 16.9 Å². The van der Waals surface area contributed by atoms with Crippen molar-refractivity contribution in [2.24, 2.45) is 0 Å². The molecule has 0 fully saturated rings. The van der Waals surface area contributed by atoms with Gasteiger partial charge in [0.15, 0.2) is 5.13 Å². The molecule has 1 heterocycles. The van der Waals surface area contributed by atoms with Crippen molar-refractivity contribution < 1.29 is 9.53 Å². The van der Waals surface area contributed by atoms with Gasteiger partial charge in [-0.2, -0.15) is 0 Å². The van der Waals surface area contributed by atoms with Gasteiger partial charge in [0.25, 0.3) is 0 Å². The van der Waals surface area contributed by atoms with E-state index in [-0.39, 0.29) is 5.91 Å². The number of hydrogen-bond acceptors (Lipinski definition) is 5. The van der Waals surface area contributed by atoms with Crippen molar-refractivity contribution >= 4 is 32.6 Å². The van der Waals surface area contributed by atoms with Gasteiger partial charge in [-0.15, -0.1) is 0 Å². The minimum atomic E-state index is 0.0608. The van der Waals surface area contributed by atoms with Gasteiger partial charge < -0.3 is 9.64 Å². The maximum atomic E-state index is 13.5. The first-order valence-electron chi connectivity index (χ1n) is 11.7. The first-order chi connectivity index (χ1) is 16.6. The average Bonchev–Trinajstić information content (AvgIpc) is 3.30. The van der Waals surface area contributed by atoms with Crippen molar-refractivity contribution in [2.75, 3.05) is 38.2 Å². The molecule has 0 atom stereocenters. The fourth-order valence-corrected chi connectivity index (χ4v) is 5.00. The lowest BCUT2D eigenvalue weighted by Gasteiger charge is -2.24. The molecule has 3 aromatic carbocycles. The van der Waals surface area contributed by atoms with Gasteiger partial charge in [-0.05, 0) is 48.0 Å². The van der Waals surface area contributed by atoms with Crippen LogP contribution in [-0.4, -0.2) is 49.1 Å². The van der Waals surface area contributed by atoms with Gasteiger partial charge >= 0.3 is 0 Å². The summed E-state index contributed by atoms with van der Waals surface area (Å²) in [5, 5.41) is 0.737. The van der Waals surface area contributed by atoms with Crippen LogP contribution in [0.15, 0.2) is 72.8 Å². The number of hydrogen-bond donors (Lipinski definition) is 0. The molecule has 0 aliphatic carbocycles. The molecule has 6 heteroatoms. The van der Waals surface area contributed by atoms with E-state index in [1.807, 2.05) is 53.4 Å². The summed E-state index contributed by atoms with van der Waals surface area (Å²) >= 11 is 1.54. The largest absolute Gasteiger partial charge is 0.497 e. The van der Waals surface area contributed by atoms with Crippen LogP contribution in [0.5, 0.6) is 5.75 Å². The molecular weight excluding hydrogens is 442 g/mol. The molecule has 5 nitrogen and oxygen atoms in total. The molecule has 0 saturated heterocycles. The van der Waals surface area contributed by atoms with E-state index in [0.29, 0.717) is 13.0 Å². The number of benzene rings is 3. The third kappa shape index (κ3) is 5.64. The van der Waals surface area contributed by atoms with Crippen LogP contribution in [0.2, 0.25) is 0 Å². The first kappa shape index (κ1) is 23.9. The predicted octanol–water partition coefficient (Wildman–Crippen LogP) is 5.89. The molecule has 0 unspecified atom stereocenters. The number of carbonyl (C=O) groups is 1. The van der Waals surface area contributed by atoms with E-state index in [4.69, 9.17) is 9.72 Å². The summed E-state index contributed by atoms with van der Waals surface area (Å²) in [5.74, 6) is 0.855. The summed E-state index contributed by atoms with van der Waals surface area (Å²) in [7, 11) is 1.66. The number of likely N-dealkylation sites (N-methyl/N-ethyl adjacent to an activating group) is 1. The number of rotatable bonds is 10. The third-order valence-corrected chi connectivity index (χ3v) is 7.11. The Morgan fingerprint density at radius 1 is 0.912 bits per heavy atom. The first-order valence-corrected chi connectivity index (χ1v) is 12.5. The van der Waals surface area contributed by atoms with Crippen molar-refractivity contribution in [3.05, 3.63) is 78.4 Å². The van der Waals surface area contributed by atoms with Gasteiger partial charge in [-0.3, -0.25) is 9.69 Å². The molecule has 0 spiro atoms. The lowest BCUT2D eigenvalue weighted by Crippen LogP contribution is -2.39. The molecular formula is C28H31N3O2S. The highest BCUT2D eigenvalue weighted by molar-refractivity contribution is 7.22. The van der Waals surface area contributed by atoms with Crippen molar-refractivity contribution in [2.45, 2.75) is 20.3 Å². The van der Waals surface area contributed by atoms with Crippen LogP contribution < -0.4 is 9.64 Å². The zero-order valence-corrected chi connectivity index (χ0v) is 20.8. The number of fused-ring (bicyclic) bond motifs is 1. The molecule has 0 N–H and O–H groups in total. The molecule has 176 valence electrons. The number of aromatic nitrogens is 1. The highest BCUT2D eigenvalue weighted by atomic mass is 32.1. The Morgan fingerprint density at radius 3 is 2.29 bits per heavy atom. The SMILES string of the molecule is CCN(CC)CCN(C(=O)Cc1ccc(-c2ccccc2)cc1)c1nc2ccc(OC)cc2s1. The maximum absolute atomic E-state index is 13.5. The number of ether oxygens (including phenoxy) is 1. The van der Waals surface area contributed by atoms with Gasteiger partial charge in [-0.1, -0.05) is 79.8 Å². The normalized spacial score (nSPS) is 11.2. The van der Waals surface area contributed by atoms with Crippen molar-refractivity contribution in [1.82, 2.24) is 9.88 Å². The van der Waals surface area contributed by atoms with Crippen molar-refractivity contribution in [1.29, 1.82) is 0 Å². The molecule has 0 saturated carbocycles. The Balaban J connectivity index is 1.56. The van der Waals surface area contributed by atoms with E-state index in [1.54, 1.807) is 7.11 Å². The Bertz CT molecular complexity index is 1220. The maximum Gasteiger partial charge on any atom is 0.233 e. The molecule has 0 radical (unpaired) electrons. The lowest BCUT2D eigenvalue weighted by atomic mass is 10.0. The molecule has 1 aromatic heterocycles. The van der Waals surface area contributed by atoms with Crippen LogP contribution >= 0.6 is 11.3 Å². The number of thiazole rings is 1. The average molecular weight is 474 g/mol. The second-order valence-corrected chi connectivity index (χ2v) is 9.15. The van der Waals surface area contributed by atoms with Crippen LogP contribution in [0.25, 0.3) is 21.3 Å². The predicted molar refractivity (Wildman–Crippen MR) is 142 cm³/mol. The van der Waals surface area contributed by atoms with Crippen LogP contribution in [0.4, 0.5) is 5.13 Å². The van der Waals surface area contributed by atoms with E-state index in [1.165, 1.54) is 16.9 Å². The zero-order valence-electron chi connectivity index (χ0n) is 20.0. The van der Waals surface area contributed by atoms with Gasteiger partial charge in [0.2, 0.25) is 5.91 Å². The number of methoxy groups -OCH3 is 1. The van der Waals surface area contributed by atoms with E-state index in [9.17, 15) is 4.79 Å². The van der Waals surface area contributed by atoms with E-state index < -0.39 is 0 Å². The van der Waals surface area contributed by atoms with Crippen LogP contribution in [0.3, 0.4) is 0 Å². The van der Waals surface area contributed by atoms with Gasteiger partial charge in [0.1, 0.15) is 5.75 Å². The Morgan fingerprint density at radius 2 is 1.62 bits per heavy atom. The summed E-state index contributed by atoms with van der Waals surface area (Å²) in [6.45, 7) is 7.62. The molecule has 0 aliphatic heterocycles. The Hall–Kier alpha value is -3.22. The highest BCUT2D eigenvalue weighted by Crippen LogP contribution is 2.32. The summed E-state index contributed by atoms with van der Waals surface area (Å²) in [6, 6.07) is 24.4. The number of carbonyl (C=O) groups excluding carboxylic acids is 1. The van der Waals surface area contributed by atoms with Crippen LogP contribution in [0, 0.1) is 0 Å². The highest BCUT2D eigenvalue weighted by Gasteiger charge is 2.21. The van der Waals surface area contributed by atoms with Crippen LogP contribution in [-0.2, 0) is 11.2 Å². The quantitative estimate of drug-likeness (QED) is 0.288. The van der Waals surface area contributed by atoms with Gasteiger partial charge in [0, 0.05) is 13.1 Å². The van der Waals surface area contributed by atoms with E-state index >= 15 is 0 Å². The lowest BCUT2D eigenvalue weighted by molar-refractivity contribution is -0.118. The van der Waals surface area contributed by atoms with E-state index in [0.717, 1.165) is 51.9 Å². The van der Waals surface area contributed by atoms with Gasteiger partial charge in [0.05, 0.1) is 23.7 Å². The Kier molecular flexibility index (Phi) is 7.93. The summed E-state index contributed by atoms with van der Waals surface area (Å²) < 4.78 is 6.38. The zero-order chi connectivity index (χ0) is 23.9. The molecule has 0 bridgehead atoms. The summed E-state index contributed by atoms with van der Waals surface area (Å²) in [5.41, 5.74) is 4.20. The smallest absolute Gasteiger partial charge is 0.233 e. The third-order valence-electron chi connectivity index (χ3n) is 6.07. The second kappa shape index (κ2) is 11.3. The monoisotopic (exact) mass is 473 g/mol. The number of amides is 1. The fourth-order valence-electron chi connectivity index (χ4n) is 3.96. The standard InChI is InChI=1S/C28H31N3O2S/c1-4-30(5-2)17-18-31(28-29-25-16-15-24(33-3)20-26(25)34-28)27(32)19-21-11-13-23(14-12-21)22-9-7-6-8-10-22/h6-16,20H,4-5,17-19H2,1-3H3. The minimum Gasteiger partial charge on any atom is -0.497 e. The summed E-state index contributed by atoms with van der Waals surface area (Å²) in [4.78, 5) is 22.5. The Labute approximate surface area is 205 Å². The fraction of sp³-hybridized carbons (Fsp3) is 0.286. The number of anilines is 1. The van der Waals surface area contributed by atoms with E-state index in [2.05, 4.69) is 43.0 Å².